The Labute approximate surface area is 122 Å². The first-order valence-electron chi connectivity index (χ1n) is 6.06. The molecule has 0 aliphatic carbocycles. The molecule has 2 unspecified atom stereocenters. The molecule has 4 heteroatoms. The number of ether oxygens (including phenoxy) is 1. The fourth-order valence-electron chi connectivity index (χ4n) is 2.46. The third-order valence-corrected chi connectivity index (χ3v) is 4.54. The van der Waals surface area contributed by atoms with Gasteiger partial charge in [-0.2, -0.15) is 0 Å². The smallest absolute Gasteiger partial charge is 0.311 e. The van der Waals surface area contributed by atoms with Crippen molar-refractivity contribution >= 4 is 28.6 Å². The lowest BCUT2D eigenvalue weighted by atomic mass is 9.89. The summed E-state index contributed by atoms with van der Waals surface area (Å²) in [5, 5.41) is 0. The van der Waals surface area contributed by atoms with Crippen molar-refractivity contribution in [3.63, 3.8) is 0 Å². The molecule has 1 aliphatic heterocycles. The SMILES string of the molecule is CN(C)CC1CC(CI)(c2ccccc2)OC1=O. The van der Waals surface area contributed by atoms with E-state index >= 15 is 0 Å². The van der Waals surface area contributed by atoms with E-state index in [0.29, 0.717) is 0 Å². The van der Waals surface area contributed by atoms with Crippen LogP contribution in [0.1, 0.15) is 12.0 Å². The number of hydrogen-bond acceptors (Lipinski definition) is 3. The summed E-state index contributed by atoms with van der Waals surface area (Å²) in [7, 11) is 3.97. The van der Waals surface area contributed by atoms with Crippen molar-refractivity contribution in [3.8, 4) is 0 Å². The Morgan fingerprint density at radius 1 is 1.39 bits per heavy atom. The van der Waals surface area contributed by atoms with Crippen molar-refractivity contribution in [2.24, 2.45) is 5.92 Å². The van der Waals surface area contributed by atoms with Crippen molar-refractivity contribution in [1.82, 2.24) is 4.90 Å². The number of carbonyl (C=O) groups is 1. The number of esters is 1. The van der Waals surface area contributed by atoms with Gasteiger partial charge in [-0.3, -0.25) is 4.79 Å². The normalized spacial score (nSPS) is 27.6. The van der Waals surface area contributed by atoms with Crippen molar-refractivity contribution in [3.05, 3.63) is 35.9 Å². The summed E-state index contributed by atoms with van der Waals surface area (Å²) < 4.78 is 6.52. The van der Waals surface area contributed by atoms with Crippen LogP contribution in [0.5, 0.6) is 0 Å². The minimum absolute atomic E-state index is 0.0185. The standard InChI is InChI=1S/C14H18INO2/c1-16(2)9-11-8-14(10-15,18-13(11)17)12-6-4-3-5-7-12/h3-7,11H,8-10H2,1-2H3. The molecule has 3 nitrogen and oxygen atoms in total. The van der Waals surface area contributed by atoms with Crippen LogP contribution in [0.15, 0.2) is 30.3 Å². The number of cyclic esters (lactones) is 1. The largest absolute Gasteiger partial charge is 0.453 e. The maximum Gasteiger partial charge on any atom is 0.311 e. The van der Waals surface area contributed by atoms with Gasteiger partial charge in [0.05, 0.1) is 5.92 Å². The van der Waals surface area contributed by atoms with Crippen LogP contribution in [0, 0.1) is 5.92 Å². The van der Waals surface area contributed by atoms with E-state index in [9.17, 15) is 4.79 Å². The fourth-order valence-corrected chi connectivity index (χ4v) is 3.36. The molecule has 98 valence electrons. The molecule has 0 N–H and O–H groups in total. The van der Waals surface area contributed by atoms with Crippen molar-refractivity contribution < 1.29 is 9.53 Å². The second-order valence-corrected chi connectivity index (χ2v) is 5.84. The highest BCUT2D eigenvalue weighted by Crippen LogP contribution is 2.41. The third kappa shape index (κ3) is 2.69. The molecule has 1 aromatic rings. The molecule has 0 spiro atoms. The molecular formula is C14H18INO2. The molecule has 1 heterocycles. The summed E-state index contributed by atoms with van der Waals surface area (Å²) >= 11 is 2.31. The molecule has 0 aromatic heterocycles. The van der Waals surface area contributed by atoms with Gasteiger partial charge in [0.15, 0.2) is 0 Å². The molecule has 0 bridgehead atoms. The highest BCUT2D eigenvalue weighted by Gasteiger charge is 2.47. The molecule has 1 aliphatic rings. The topological polar surface area (TPSA) is 29.5 Å². The monoisotopic (exact) mass is 359 g/mol. The molecule has 18 heavy (non-hydrogen) atoms. The van der Waals surface area contributed by atoms with E-state index in [-0.39, 0.29) is 11.9 Å². The molecule has 0 amide bonds. The van der Waals surface area contributed by atoms with Gasteiger partial charge in [-0.05, 0) is 19.7 Å². The van der Waals surface area contributed by atoms with Crippen LogP contribution in [0.25, 0.3) is 0 Å². The summed E-state index contributed by atoms with van der Waals surface area (Å²) in [6.45, 7) is 0.754. The summed E-state index contributed by atoms with van der Waals surface area (Å²) in [6.07, 6.45) is 0.775. The molecule has 2 rings (SSSR count). The average molecular weight is 359 g/mol. The summed E-state index contributed by atoms with van der Waals surface area (Å²) in [6, 6.07) is 10.1. The zero-order valence-corrected chi connectivity index (χ0v) is 12.9. The number of carbonyl (C=O) groups excluding carboxylic acids is 1. The second kappa shape index (κ2) is 5.57. The van der Waals surface area contributed by atoms with E-state index in [0.717, 1.165) is 23.0 Å². The lowest BCUT2D eigenvalue weighted by molar-refractivity contribution is -0.149. The molecule has 2 atom stereocenters. The van der Waals surface area contributed by atoms with E-state index in [4.69, 9.17) is 4.74 Å². The fraction of sp³-hybridized carbons (Fsp3) is 0.500. The predicted molar refractivity (Wildman–Crippen MR) is 79.8 cm³/mol. The van der Waals surface area contributed by atoms with Gasteiger partial charge in [-0.25, -0.2) is 0 Å². The van der Waals surface area contributed by atoms with Gasteiger partial charge in [0, 0.05) is 17.4 Å². The lowest BCUT2D eigenvalue weighted by Gasteiger charge is -2.26. The zero-order chi connectivity index (χ0) is 13.2. The maximum atomic E-state index is 12.0. The number of benzene rings is 1. The predicted octanol–water partition coefficient (Wildman–Crippen LogP) is 2.44. The van der Waals surface area contributed by atoms with Crippen LogP contribution < -0.4 is 0 Å². The Morgan fingerprint density at radius 2 is 2.06 bits per heavy atom. The van der Waals surface area contributed by atoms with Crippen molar-refractivity contribution in [2.75, 3.05) is 25.1 Å². The molecule has 1 saturated heterocycles. The quantitative estimate of drug-likeness (QED) is 0.470. The average Bonchev–Trinajstić information content (AvgIpc) is 2.68. The van der Waals surface area contributed by atoms with Gasteiger partial charge in [-0.1, -0.05) is 52.9 Å². The summed E-state index contributed by atoms with van der Waals surface area (Å²) in [5.41, 5.74) is 0.675. The number of alkyl halides is 1. The van der Waals surface area contributed by atoms with Crippen LogP contribution in [-0.2, 0) is 15.1 Å². The number of hydrogen-bond donors (Lipinski definition) is 0. The van der Waals surface area contributed by atoms with Crippen molar-refractivity contribution in [1.29, 1.82) is 0 Å². The number of rotatable bonds is 4. The first-order valence-corrected chi connectivity index (χ1v) is 7.59. The van der Waals surface area contributed by atoms with E-state index in [2.05, 4.69) is 22.6 Å². The zero-order valence-electron chi connectivity index (χ0n) is 10.7. The summed E-state index contributed by atoms with van der Waals surface area (Å²) in [5.74, 6) is -0.0841. The Balaban J connectivity index is 2.23. The van der Waals surface area contributed by atoms with E-state index in [1.165, 1.54) is 0 Å². The van der Waals surface area contributed by atoms with Gasteiger partial charge in [0.1, 0.15) is 5.60 Å². The minimum Gasteiger partial charge on any atom is -0.453 e. The van der Waals surface area contributed by atoms with E-state index < -0.39 is 5.60 Å². The molecule has 0 radical (unpaired) electrons. The Morgan fingerprint density at radius 3 is 2.61 bits per heavy atom. The highest BCUT2D eigenvalue weighted by molar-refractivity contribution is 14.1. The first-order chi connectivity index (χ1) is 8.57. The minimum atomic E-state index is -0.431. The Hall–Kier alpha value is -0.620. The lowest BCUT2D eigenvalue weighted by Crippen LogP contribution is -2.28. The molecular weight excluding hydrogens is 341 g/mol. The van der Waals surface area contributed by atoms with Crippen LogP contribution in [-0.4, -0.2) is 35.9 Å². The Kier molecular flexibility index (Phi) is 4.27. The Bertz CT molecular complexity index is 421. The maximum absolute atomic E-state index is 12.0. The second-order valence-electron chi connectivity index (χ2n) is 5.08. The van der Waals surface area contributed by atoms with Crippen LogP contribution >= 0.6 is 22.6 Å². The van der Waals surface area contributed by atoms with Gasteiger partial charge in [0.25, 0.3) is 0 Å². The van der Waals surface area contributed by atoms with Gasteiger partial charge < -0.3 is 9.64 Å². The number of nitrogens with zero attached hydrogens (tertiary/aromatic N) is 1. The van der Waals surface area contributed by atoms with Crippen LogP contribution in [0.4, 0.5) is 0 Å². The van der Waals surface area contributed by atoms with Gasteiger partial charge in [0.2, 0.25) is 0 Å². The van der Waals surface area contributed by atoms with Crippen LogP contribution in [0.2, 0.25) is 0 Å². The molecule has 1 aromatic carbocycles. The molecule has 0 saturated carbocycles. The summed E-state index contributed by atoms with van der Waals surface area (Å²) in [4.78, 5) is 14.0. The van der Waals surface area contributed by atoms with Crippen LogP contribution in [0.3, 0.4) is 0 Å². The highest BCUT2D eigenvalue weighted by atomic mass is 127. The van der Waals surface area contributed by atoms with Gasteiger partial charge >= 0.3 is 5.97 Å². The molecule has 1 fully saturated rings. The van der Waals surface area contributed by atoms with Gasteiger partial charge in [-0.15, -0.1) is 0 Å². The number of halogens is 1. The first kappa shape index (κ1) is 13.8. The third-order valence-electron chi connectivity index (χ3n) is 3.31. The van der Waals surface area contributed by atoms with E-state index in [1.807, 2.05) is 49.3 Å². The van der Waals surface area contributed by atoms with Crippen molar-refractivity contribution in [2.45, 2.75) is 12.0 Å². The van der Waals surface area contributed by atoms with E-state index in [1.54, 1.807) is 0 Å².